The first-order valence-electron chi connectivity index (χ1n) is 8.70. The first kappa shape index (κ1) is 19.8. The quantitative estimate of drug-likeness (QED) is 0.471. The summed E-state index contributed by atoms with van der Waals surface area (Å²) in [5, 5.41) is 11.6. The molecule has 0 atom stereocenters. The second-order valence-electron chi connectivity index (χ2n) is 6.09. The number of rotatable bonds is 6. The molecule has 0 radical (unpaired) electrons. The molecule has 3 aromatic rings. The van der Waals surface area contributed by atoms with E-state index in [-0.39, 0.29) is 23.7 Å². The summed E-state index contributed by atoms with van der Waals surface area (Å²) in [6, 6.07) is 20.3. The van der Waals surface area contributed by atoms with Crippen LogP contribution in [-0.4, -0.2) is 5.91 Å². The molecule has 1 amide bonds. The van der Waals surface area contributed by atoms with Crippen molar-refractivity contribution in [3.8, 4) is 11.8 Å². The van der Waals surface area contributed by atoms with Crippen molar-refractivity contribution in [2.45, 2.75) is 6.61 Å². The zero-order valence-electron chi connectivity index (χ0n) is 15.2. The Bertz CT molecular complexity index is 1070. The van der Waals surface area contributed by atoms with Gasteiger partial charge in [-0.1, -0.05) is 36.4 Å². The van der Waals surface area contributed by atoms with Crippen molar-refractivity contribution >= 4 is 17.7 Å². The van der Waals surface area contributed by atoms with E-state index in [9.17, 15) is 18.8 Å². The van der Waals surface area contributed by atoms with Gasteiger partial charge in [0.05, 0.1) is 5.69 Å². The third kappa shape index (κ3) is 5.50. The Labute approximate surface area is 166 Å². The van der Waals surface area contributed by atoms with E-state index in [1.807, 2.05) is 6.07 Å². The molecule has 4 nitrogen and oxygen atoms in total. The van der Waals surface area contributed by atoms with Gasteiger partial charge in [0, 0.05) is 0 Å². The van der Waals surface area contributed by atoms with Gasteiger partial charge in [-0.3, -0.25) is 4.79 Å². The van der Waals surface area contributed by atoms with Crippen molar-refractivity contribution in [3.63, 3.8) is 0 Å². The summed E-state index contributed by atoms with van der Waals surface area (Å²) >= 11 is 0. The monoisotopic (exact) mass is 390 g/mol. The van der Waals surface area contributed by atoms with Gasteiger partial charge < -0.3 is 10.1 Å². The van der Waals surface area contributed by atoms with Gasteiger partial charge in [0.25, 0.3) is 5.91 Å². The fourth-order valence-electron chi connectivity index (χ4n) is 2.48. The number of anilines is 1. The summed E-state index contributed by atoms with van der Waals surface area (Å²) in [6.45, 7) is 0.282. The Morgan fingerprint density at radius 2 is 1.69 bits per heavy atom. The molecule has 0 unspecified atom stereocenters. The standard InChI is InChI=1S/C23H16F2N2O2/c24-19-9-5-17(6-10-19)15-29-20-11-7-16(8-12-20)13-18(14-26)23(28)27-22-4-2-1-3-21(22)25/h1-13H,15H2,(H,27,28)/b18-13+. The molecule has 3 aromatic carbocycles. The highest BCUT2D eigenvalue weighted by molar-refractivity contribution is 6.09. The van der Waals surface area contributed by atoms with E-state index >= 15 is 0 Å². The summed E-state index contributed by atoms with van der Waals surface area (Å²) in [5.41, 5.74) is 1.28. The summed E-state index contributed by atoms with van der Waals surface area (Å²) in [5.74, 6) is -1.01. The molecular weight excluding hydrogens is 374 g/mol. The van der Waals surface area contributed by atoms with Crippen molar-refractivity contribution in [3.05, 3.63) is 101 Å². The average Bonchev–Trinajstić information content (AvgIpc) is 2.74. The minimum atomic E-state index is -0.700. The van der Waals surface area contributed by atoms with Gasteiger partial charge >= 0.3 is 0 Å². The minimum absolute atomic E-state index is 0.00295. The van der Waals surface area contributed by atoms with Gasteiger partial charge in [0.2, 0.25) is 0 Å². The van der Waals surface area contributed by atoms with Crippen LogP contribution in [0.1, 0.15) is 11.1 Å². The number of hydrogen-bond donors (Lipinski definition) is 1. The highest BCUT2D eigenvalue weighted by Crippen LogP contribution is 2.18. The highest BCUT2D eigenvalue weighted by Gasteiger charge is 2.11. The van der Waals surface area contributed by atoms with Crippen LogP contribution >= 0.6 is 0 Å². The van der Waals surface area contributed by atoms with E-state index in [2.05, 4.69) is 5.32 Å². The molecule has 0 aromatic heterocycles. The van der Waals surface area contributed by atoms with Crippen molar-refractivity contribution in [1.82, 2.24) is 0 Å². The zero-order chi connectivity index (χ0) is 20.6. The van der Waals surface area contributed by atoms with Gasteiger partial charge in [-0.25, -0.2) is 8.78 Å². The number of carbonyl (C=O) groups is 1. The van der Waals surface area contributed by atoms with Gasteiger partial charge in [-0.05, 0) is 53.6 Å². The van der Waals surface area contributed by atoms with Crippen LogP contribution in [0.5, 0.6) is 5.75 Å². The number of para-hydroxylation sites is 1. The number of ether oxygens (including phenoxy) is 1. The van der Waals surface area contributed by atoms with Crippen LogP contribution in [0.4, 0.5) is 14.5 Å². The number of nitrogens with one attached hydrogen (secondary N) is 1. The molecule has 0 bridgehead atoms. The van der Waals surface area contributed by atoms with Crippen molar-refractivity contribution in [2.24, 2.45) is 0 Å². The summed E-state index contributed by atoms with van der Waals surface area (Å²) in [4.78, 5) is 12.2. The second kappa shape index (κ2) is 9.29. The lowest BCUT2D eigenvalue weighted by Crippen LogP contribution is -2.14. The van der Waals surface area contributed by atoms with Gasteiger partial charge in [-0.2, -0.15) is 5.26 Å². The molecule has 6 heteroatoms. The van der Waals surface area contributed by atoms with Crippen LogP contribution in [-0.2, 0) is 11.4 Å². The van der Waals surface area contributed by atoms with Crippen LogP contribution in [0.3, 0.4) is 0 Å². The summed E-state index contributed by atoms with van der Waals surface area (Å²) < 4.78 is 32.2. The molecular formula is C23H16F2N2O2. The summed E-state index contributed by atoms with van der Waals surface area (Å²) in [7, 11) is 0. The maximum absolute atomic E-state index is 13.7. The fourth-order valence-corrected chi connectivity index (χ4v) is 2.48. The number of hydrogen-bond acceptors (Lipinski definition) is 3. The van der Waals surface area contributed by atoms with E-state index in [0.717, 1.165) is 5.56 Å². The first-order valence-corrected chi connectivity index (χ1v) is 8.70. The molecule has 0 heterocycles. The molecule has 29 heavy (non-hydrogen) atoms. The molecule has 0 saturated heterocycles. The first-order chi connectivity index (χ1) is 14.0. The second-order valence-corrected chi connectivity index (χ2v) is 6.09. The molecule has 0 aliphatic carbocycles. The Kier molecular flexibility index (Phi) is 6.33. The van der Waals surface area contributed by atoms with E-state index in [0.29, 0.717) is 11.3 Å². The van der Waals surface area contributed by atoms with Crippen LogP contribution in [0.2, 0.25) is 0 Å². The lowest BCUT2D eigenvalue weighted by molar-refractivity contribution is -0.112. The van der Waals surface area contributed by atoms with E-state index in [1.165, 1.54) is 36.4 Å². The highest BCUT2D eigenvalue weighted by atomic mass is 19.1. The van der Waals surface area contributed by atoms with Crippen LogP contribution in [0.25, 0.3) is 6.08 Å². The lowest BCUT2D eigenvalue weighted by Gasteiger charge is -2.07. The predicted octanol–water partition coefficient (Wildman–Crippen LogP) is 5.09. The molecule has 0 aliphatic rings. The van der Waals surface area contributed by atoms with Gasteiger partial charge in [-0.15, -0.1) is 0 Å². The van der Waals surface area contributed by atoms with Crippen molar-refractivity contribution in [2.75, 3.05) is 5.32 Å². The largest absolute Gasteiger partial charge is 0.489 e. The van der Waals surface area contributed by atoms with Crippen molar-refractivity contribution in [1.29, 1.82) is 5.26 Å². The molecule has 0 spiro atoms. The van der Waals surface area contributed by atoms with E-state index in [4.69, 9.17) is 4.74 Å². The smallest absolute Gasteiger partial charge is 0.266 e. The Balaban J connectivity index is 1.65. The third-order valence-corrected chi connectivity index (χ3v) is 4.00. The van der Waals surface area contributed by atoms with Gasteiger partial charge in [0.15, 0.2) is 0 Å². The number of benzene rings is 3. The Hall–Kier alpha value is -3.98. The topological polar surface area (TPSA) is 62.1 Å². The lowest BCUT2D eigenvalue weighted by atomic mass is 10.1. The molecule has 1 N–H and O–H groups in total. The molecule has 3 rings (SSSR count). The van der Waals surface area contributed by atoms with Crippen molar-refractivity contribution < 1.29 is 18.3 Å². The normalized spacial score (nSPS) is 10.9. The minimum Gasteiger partial charge on any atom is -0.489 e. The molecule has 0 fully saturated rings. The predicted molar refractivity (Wildman–Crippen MR) is 106 cm³/mol. The SMILES string of the molecule is N#C/C(=C\c1ccc(OCc2ccc(F)cc2)cc1)C(=O)Nc1ccccc1F. The van der Waals surface area contributed by atoms with E-state index < -0.39 is 11.7 Å². The number of nitrogens with zero attached hydrogens (tertiary/aromatic N) is 1. The van der Waals surface area contributed by atoms with Gasteiger partial charge in [0.1, 0.15) is 35.6 Å². The van der Waals surface area contributed by atoms with Crippen LogP contribution in [0.15, 0.2) is 78.4 Å². The Morgan fingerprint density at radius 1 is 1.00 bits per heavy atom. The van der Waals surface area contributed by atoms with Crippen LogP contribution < -0.4 is 10.1 Å². The molecule has 144 valence electrons. The third-order valence-electron chi connectivity index (χ3n) is 4.00. The molecule has 0 aliphatic heterocycles. The average molecular weight is 390 g/mol. The number of nitriles is 1. The zero-order valence-corrected chi connectivity index (χ0v) is 15.2. The summed E-state index contributed by atoms with van der Waals surface area (Å²) in [6.07, 6.45) is 1.40. The maximum atomic E-state index is 13.7. The van der Waals surface area contributed by atoms with E-state index in [1.54, 1.807) is 42.5 Å². The van der Waals surface area contributed by atoms with Crippen LogP contribution in [0, 0.1) is 23.0 Å². The fraction of sp³-hybridized carbons (Fsp3) is 0.0435. The number of amides is 1. The number of halogens is 2. The maximum Gasteiger partial charge on any atom is 0.266 e. The Morgan fingerprint density at radius 3 is 2.34 bits per heavy atom. The number of carbonyl (C=O) groups excluding carboxylic acids is 1. The molecule has 0 saturated carbocycles.